The van der Waals surface area contributed by atoms with Gasteiger partial charge in [-0.1, -0.05) is 12.1 Å². The molecule has 0 unspecified atom stereocenters. The summed E-state index contributed by atoms with van der Waals surface area (Å²) in [6.45, 7) is 0.542. The lowest BCUT2D eigenvalue weighted by molar-refractivity contribution is -0.374. The van der Waals surface area contributed by atoms with Gasteiger partial charge in [0, 0.05) is 11.9 Å². The van der Waals surface area contributed by atoms with Crippen LogP contribution in [0.3, 0.4) is 0 Å². The van der Waals surface area contributed by atoms with Crippen LogP contribution in [0.1, 0.15) is 17.9 Å². The Hall–Kier alpha value is -1.55. The first-order chi connectivity index (χ1) is 7.17. The smallest absolute Gasteiger partial charge is 0.118 e. The minimum Gasteiger partial charge on any atom is -0.550 e. The standard InChI is InChI=1S/C11H15NO3/c1-15-10-4-2-8(3-5-10)9(7-12)6-11(13)14/h2-5,9H,6-7,12H2,1H3,(H,13,14)/t9-/m1/s1. The van der Waals surface area contributed by atoms with Gasteiger partial charge in [-0.2, -0.15) is 0 Å². The Morgan fingerprint density at radius 2 is 2.07 bits per heavy atom. The second kappa shape index (κ2) is 5.36. The topological polar surface area (TPSA) is 77.0 Å². The monoisotopic (exact) mass is 209 g/mol. The van der Waals surface area contributed by atoms with Gasteiger partial charge in [-0.05, 0) is 24.1 Å². The molecule has 1 atom stereocenters. The summed E-state index contributed by atoms with van der Waals surface area (Å²) in [6, 6.07) is 7.34. The average molecular weight is 209 g/mol. The number of hydrogen-bond donors (Lipinski definition) is 1. The first-order valence-electron chi connectivity index (χ1n) is 4.80. The number of benzene rings is 1. The molecule has 0 amide bonds. The van der Waals surface area contributed by atoms with Crippen LogP contribution in [-0.4, -0.2) is 19.6 Å². The van der Waals surface area contributed by atoms with Gasteiger partial charge in [0.05, 0.1) is 13.7 Å². The van der Waals surface area contributed by atoms with Gasteiger partial charge in [-0.25, -0.2) is 0 Å². The Labute approximate surface area is 88.7 Å². The van der Waals surface area contributed by atoms with Crippen LogP contribution in [-0.2, 0) is 4.79 Å². The van der Waals surface area contributed by atoms with Crippen molar-refractivity contribution in [3.05, 3.63) is 29.8 Å². The van der Waals surface area contributed by atoms with Crippen LogP contribution in [0.4, 0.5) is 0 Å². The number of rotatable bonds is 5. The van der Waals surface area contributed by atoms with Crippen molar-refractivity contribution in [2.45, 2.75) is 12.3 Å². The SMILES string of the molecule is COc1ccc([C@@H](C[NH3+])CC(=O)[O-])cc1. The third-order valence-electron chi connectivity index (χ3n) is 2.35. The fourth-order valence-corrected chi connectivity index (χ4v) is 1.46. The Balaban J connectivity index is 2.78. The van der Waals surface area contributed by atoms with Crippen LogP contribution in [0.2, 0.25) is 0 Å². The number of aliphatic carboxylic acids is 1. The lowest BCUT2D eigenvalue weighted by atomic mass is 9.96. The molecule has 1 aromatic carbocycles. The Morgan fingerprint density at radius 1 is 1.47 bits per heavy atom. The summed E-state index contributed by atoms with van der Waals surface area (Å²) in [4.78, 5) is 10.5. The Bertz CT molecular complexity index is 321. The summed E-state index contributed by atoms with van der Waals surface area (Å²) in [6.07, 6.45) is 0.00975. The largest absolute Gasteiger partial charge is 0.550 e. The number of methoxy groups -OCH3 is 1. The van der Waals surface area contributed by atoms with Crippen molar-refractivity contribution in [2.24, 2.45) is 0 Å². The molecule has 0 aliphatic heterocycles. The molecule has 0 saturated heterocycles. The number of ether oxygens (including phenoxy) is 1. The summed E-state index contributed by atoms with van der Waals surface area (Å²) >= 11 is 0. The molecule has 0 aromatic heterocycles. The van der Waals surface area contributed by atoms with Gasteiger partial charge in [0.15, 0.2) is 0 Å². The number of carbonyl (C=O) groups is 1. The number of carbonyl (C=O) groups excluding carboxylic acids is 1. The minimum absolute atomic E-state index is 0.00975. The number of quaternary nitrogens is 1. The van der Waals surface area contributed by atoms with Gasteiger partial charge in [0.1, 0.15) is 5.75 Å². The zero-order chi connectivity index (χ0) is 11.3. The first kappa shape index (κ1) is 11.5. The third-order valence-corrected chi connectivity index (χ3v) is 2.35. The zero-order valence-electron chi connectivity index (χ0n) is 8.73. The van der Waals surface area contributed by atoms with Crippen LogP contribution >= 0.6 is 0 Å². The average Bonchev–Trinajstić information content (AvgIpc) is 2.26. The summed E-state index contributed by atoms with van der Waals surface area (Å²) in [5.41, 5.74) is 4.69. The van der Waals surface area contributed by atoms with Gasteiger partial charge < -0.3 is 20.4 Å². The van der Waals surface area contributed by atoms with Gasteiger partial charge in [-0.15, -0.1) is 0 Å². The number of carboxylic acids is 1. The highest BCUT2D eigenvalue weighted by Gasteiger charge is 2.11. The third kappa shape index (κ3) is 3.25. The summed E-state index contributed by atoms with van der Waals surface area (Å²) in [5.74, 6) is -0.365. The fourth-order valence-electron chi connectivity index (χ4n) is 1.46. The zero-order valence-corrected chi connectivity index (χ0v) is 8.73. The second-order valence-corrected chi connectivity index (χ2v) is 3.33. The maximum atomic E-state index is 10.5. The van der Waals surface area contributed by atoms with Crippen molar-refractivity contribution in [2.75, 3.05) is 13.7 Å². The predicted octanol–water partition coefficient (Wildman–Crippen LogP) is -0.839. The molecule has 0 radical (unpaired) electrons. The van der Waals surface area contributed by atoms with Gasteiger partial charge in [0.25, 0.3) is 0 Å². The van der Waals surface area contributed by atoms with Crippen molar-refractivity contribution in [3.63, 3.8) is 0 Å². The highest BCUT2D eigenvalue weighted by atomic mass is 16.5. The molecule has 82 valence electrons. The van der Waals surface area contributed by atoms with E-state index < -0.39 is 5.97 Å². The first-order valence-corrected chi connectivity index (χ1v) is 4.80. The Kier molecular flexibility index (Phi) is 4.12. The van der Waals surface area contributed by atoms with E-state index in [9.17, 15) is 9.90 Å². The Morgan fingerprint density at radius 3 is 2.47 bits per heavy atom. The molecule has 1 aromatic rings. The normalized spacial score (nSPS) is 12.1. The van der Waals surface area contributed by atoms with Crippen LogP contribution in [0, 0.1) is 0 Å². The van der Waals surface area contributed by atoms with Crippen molar-refractivity contribution in [1.29, 1.82) is 0 Å². The maximum Gasteiger partial charge on any atom is 0.118 e. The van der Waals surface area contributed by atoms with E-state index in [1.165, 1.54) is 0 Å². The van der Waals surface area contributed by atoms with E-state index in [4.69, 9.17) is 4.74 Å². The van der Waals surface area contributed by atoms with Gasteiger partial charge in [0.2, 0.25) is 0 Å². The van der Waals surface area contributed by atoms with Crippen molar-refractivity contribution < 1.29 is 20.4 Å². The van der Waals surface area contributed by atoms with Crippen molar-refractivity contribution in [1.82, 2.24) is 0 Å². The summed E-state index contributed by atoms with van der Waals surface area (Å²) in [7, 11) is 1.59. The molecule has 0 bridgehead atoms. The van der Waals surface area contributed by atoms with Crippen LogP contribution < -0.4 is 15.6 Å². The lowest BCUT2D eigenvalue weighted by Gasteiger charge is -2.14. The molecule has 0 aliphatic carbocycles. The molecule has 0 spiro atoms. The fraction of sp³-hybridized carbons (Fsp3) is 0.364. The van der Waals surface area contributed by atoms with Crippen molar-refractivity contribution in [3.8, 4) is 5.75 Å². The lowest BCUT2D eigenvalue weighted by Crippen LogP contribution is -2.53. The molecule has 0 saturated carbocycles. The van der Waals surface area contributed by atoms with Crippen LogP contribution in [0.15, 0.2) is 24.3 Å². The molecular weight excluding hydrogens is 194 g/mol. The quantitative estimate of drug-likeness (QED) is 0.687. The molecule has 4 nitrogen and oxygen atoms in total. The van der Waals surface area contributed by atoms with E-state index in [-0.39, 0.29) is 12.3 Å². The van der Waals surface area contributed by atoms with Gasteiger partial charge >= 0.3 is 0 Å². The predicted molar refractivity (Wildman–Crippen MR) is 53.1 cm³/mol. The second-order valence-electron chi connectivity index (χ2n) is 3.33. The number of hydrogen-bond acceptors (Lipinski definition) is 3. The molecule has 0 aliphatic rings. The van der Waals surface area contributed by atoms with Crippen LogP contribution in [0.25, 0.3) is 0 Å². The molecule has 4 heteroatoms. The van der Waals surface area contributed by atoms with Gasteiger partial charge in [-0.3, -0.25) is 0 Å². The van der Waals surface area contributed by atoms with E-state index in [1.54, 1.807) is 7.11 Å². The van der Waals surface area contributed by atoms with E-state index in [1.807, 2.05) is 24.3 Å². The molecule has 1 rings (SSSR count). The molecule has 15 heavy (non-hydrogen) atoms. The minimum atomic E-state index is -1.04. The summed E-state index contributed by atoms with van der Waals surface area (Å²) < 4.78 is 5.02. The summed E-state index contributed by atoms with van der Waals surface area (Å²) in [5, 5.41) is 10.5. The van der Waals surface area contributed by atoms with E-state index in [0.29, 0.717) is 6.54 Å². The van der Waals surface area contributed by atoms with E-state index in [2.05, 4.69) is 5.73 Å². The highest BCUT2D eigenvalue weighted by molar-refractivity contribution is 5.65. The molecule has 0 heterocycles. The van der Waals surface area contributed by atoms with E-state index in [0.717, 1.165) is 11.3 Å². The van der Waals surface area contributed by atoms with E-state index >= 15 is 0 Å². The molecule has 3 N–H and O–H groups in total. The molecular formula is C11H15NO3. The van der Waals surface area contributed by atoms with Crippen LogP contribution in [0.5, 0.6) is 5.75 Å². The number of carboxylic acid groups (broad SMARTS) is 1. The highest BCUT2D eigenvalue weighted by Crippen LogP contribution is 2.20. The molecule has 0 fully saturated rings. The maximum absolute atomic E-state index is 10.5. The van der Waals surface area contributed by atoms with Crippen molar-refractivity contribution >= 4 is 5.97 Å².